The predicted octanol–water partition coefficient (Wildman–Crippen LogP) is 3.50. The second-order valence-electron chi connectivity index (χ2n) is 8.60. The molecule has 3 aliphatic heterocycles. The van der Waals surface area contributed by atoms with Gasteiger partial charge >= 0.3 is 6.09 Å². The molecule has 8 heteroatoms. The molecular weight excluding hydrogens is 414 g/mol. The number of halogens is 1. The van der Waals surface area contributed by atoms with Crippen molar-refractivity contribution in [3.8, 4) is 6.07 Å². The van der Waals surface area contributed by atoms with E-state index in [2.05, 4.69) is 33.0 Å². The van der Waals surface area contributed by atoms with E-state index >= 15 is 0 Å². The first kappa shape index (κ1) is 20.1. The molecular formula is C23H24ClN5O2. The number of fused-ring (bicyclic) bond motifs is 3. The van der Waals surface area contributed by atoms with Gasteiger partial charge in [0.1, 0.15) is 17.0 Å². The van der Waals surface area contributed by atoms with Crippen molar-refractivity contribution < 1.29 is 9.90 Å². The van der Waals surface area contributed by atoms with Crippen LogP contribution in [0.3, 0.4) is 0 Å². The number of pyridine rings is 1. The van der Waals surface area contributed by atoms with E-state index in [0.717, 1.165) is 49.3 Å². The van der Waals surface area contributed by atoms with Crippen LogP contribution in [0.4, 0.5) is 10.6 Å². The molecule has 0 radical (unpaired) electrons. The number of hydrogen-bond donors (Lipinski definition) is 1. The van der Waals surface area contributed by atoms with E-state index in [4.69, 9.17) is 11.6 Å². The lowest BCUT2D eigenvalue weighted by molar-refractivity contribution is 0.133. The van der Waals surface area contributed by atoms with Crippen molar-refractivity contribution in [2.45, 2.75) is 44.4 Å². The highest BCUT2D eigenvalue weighted by molar-refractivity contribution is 6.30. The maximum atomic E-state index is 11.5. The number of likely N-dealkylation sites (tertiary alicyclic amines) is 1. The van der Waals surface area contributed by atoms with Crippen LogP contribution in [0.15, 0.2) is 30.3 Å². The normalized spacial score (nSPS) is 22.8. The molecule has 1 aromatic heterocycles. The lowest BCUT2D eigenvalue weighted by atomic mass is 9.95. The molecule has 2 bridgehead atoms. The lowest BCUT2D eigenvalue weighted by Crippen LogP contribution is -2.56. The highest BCUT2D eigenvalue weighted by Crippen LogP contribution is 2.40. The molecule has 4 heterocycles. The standard InChI is InChI=1S/C23H24ClN5O2/c24-21-19(10-25)20-14-27(11-15-4-2-1-3-5-15)9-8-18(20)22(26-21)29-16-6-7-17(29)13-28(12-16)23(30)31/h1-5,16-17H,6-9,11-14H2,(H,30,31). The van der Waals surface area contributed by atoms with E-state index in [0.29, 0.717) is 25.2 Å². The molecule has 1 N–H and O–H groups in total. The first-order chi connectivity index (χ1) is 15.0. The van der Waals surface area contributed by atoms with Crippen molar-refractivity contribution in [2.75, 3.05) is 24.5 Å². The van der Waals surface area contributed by atoms with Crippen molar-refractivity contribution in [3.05, 3.63) is 57.7 Å². The van der Waals surface area contributed by atoms with Gasteiger partial charge in [0.25, 0.3) is 0 Å². The van der Waals surface area contributed by atoms with Crippen LogP contribution in [0.25, 0.3) is 0 Å². The third kappa shape index (κ3) is 3.60. The van der Waals surface area contributed by atoms with Gasteiger partial charge in [0.05, 0.1) is 5.56 Å². The molecule has 31 heavy (non-hydrogen) atoms. The van der Waals surface area contributed by atoms with Gasteiger partial charge in [-0.2, -0.15) is 5.26 Å². The summed E-state index contributed by atoms with van der Waals surface area (Å²) in [5.41, 5.74) is 3.79. The Morgan fingerprint density at radius 1 is 1.19 bits per heavy atom. The number of amides is 1. The monoisotopic (exact) mass is 437 g/mol. The smallest absolute Gasteiger partial charge is 0.407 e. The number of carboxylic acid groups (broad SMARTS) is 1. The molecule has 0 spiro atoms. The Morgan fingerprint density at radius 3 is 2.55 bits per heavy atom. The zero-order chi connectivity index (χ0) is 21.5. The third-order valence-corrected chi connectivity index (χ3v) is 7.04. The minimum atomic E-state index is -0.860. The van der Waals surface area contributed by atoms with Crippen molar-refractivity contribution in [3.63, 3.8) is 0 Å². The second-order valence-corrected chi connectivity index (χ2v) is 8.95. The minimum absolute atomic E-state index is 0.109. The van der Waals surface area contributed by atoms with E-state index < -0.39 is 6.09 Å². The summed E-state index contributed by atoms with van der Waals surface area (Å²) in [4.78, 5) is 22.3. The average molecular weight is 438 g/mol. The zero-order valence-electron chi connectivity index (χ0n) is 17.2. The van der Waals surface area contributed by atoms with E-state index in [-0.39, 0.29) is 17.2 Å². The number of carbonyl (C=O) groups is 1. The number of anilines is 1. The summed E-state index contributed by atoms with van der Waals surface area (Å²) in [5, 5.41) is 19.5. The van der Waals surface area contributed by atoms with Crippen molar-refractivity contribution in [2.24, 2.45) is 0 Å². The van der Waals surface area contributed by atoms with Gasteiger partial charge in [-0.05, 0) is 30.4 Å². The van der Waals surface area contributed by atoms with Crippen LogP contribution in [0.1, 0.15) is 35.1 Å². The summed E-state index contributed by atoms with van der Waals surface area (Å²) in [7, 11) is 0. The fourth-order valence-corrected chi connectivity index (χ4v) is 5.58. The Bertz CT molecular complexity index is 1040. The summed E-state index contributed by atoms with van der Waals surface area (Å²) >= 11 is 6.51. The molecule has 2 aromatic rings. The van der Waals surface area contributed by atoms with Gasteiger partial charge in [0.2, 0.25) is 0 Å². The van der Waals surface area contributed by atoms with Crippen molar-refractivity contribution in [1.29, 1.82) is 5.26 Å². The zero-order valence-corrected chi connectivity index (χ0v) is 17.9. The molecule has 2 atom stereocenters. The lowest BCUT2D eigenvalue weighted by Gasteiger charge is -2.42. The molecule has 3 aliphatic rings. The van der Waals surface area contributed by atoms with Crippen LogP contribution in [0.5, 0.6) is 0 Å². The highest BCUT2D eigenvalue weighted by Gasteiger charge is 2.43. The number of hydrogen-bond acceptors (Lipinski definition) is 5. The van der Waals surface area contributed by atoms with Crippen LogP contribution in [0.2, 0.25) is 5.15 Å². The third-order valence-electron chi connectivity index (χ3n) is 6.76. The Morgan fingerprint density at radius 2 is 1.90 bits per heavy atom. The molecule has 7 nitrogen and oxygen atoms in total. The number of piperazine rings is 1. The molecule has 160 valence electrons. The van der Waals surface area contributed by atoms with E-state index in [1.54, 1.807) is 0 Å². The van der Waals surface area contributed by atoms with Gasteiger partial charge in [-0.3, -0.25) is 4.90 Å². The SMILES string of the molecule is N#Cc1c(Cl)nc(N2C3CCC2CN(C(=O)O)C3)c2c1CN(Cc1ccccc1)CC2. The average Bonchev–Trinajstić information content (AvgIpc) is 3.02. The highest BCUT2D eigenvalue weighted by atomic mass is 35.5. The van der Waals surface area contributed by atoms with E-state index in [1.165, 1.54) is 10.5 Å². The Balaban J connectivity index is 1.48. The molecule has 1 amide bonds. The van der Waals surface area contributed by atoms with Crippen LogP contribution in [-0.4, -0.2) is 57.7 Å². The maximum Gasteiger partial charge on any atom is 0.407 e. The van der Waals surface area contributed by atoms with Crippen LogP contribution < -0.4 is 4.90 Å². The van der Waals surface area contributed by atoms with Gasteiger partial charge in [0.15, 0.2) is 0 Å². The molecule has 2 saturated heterocycles. The predicted molar refractivity (Wildman–Crippen MR) is 117 cm³/mol. The summed E-state index contributed by atoms with van der Waals surface area (Å²) < 4.78 is 0. The number of nitriles is 1. The molecule has 5 rings (SSSR count). The largest absolute Gasteiger partial charge is 0.465 e. The van der Waals surface area contributed by atoms with Crippen LogP contribution in [-0.2, 0) is 19.5 Å². The molecule has 2 fully saturated rings. The summed E-state index contributed by atoms with van der Waals surface area (Å²) in [6.45, 7) is 3.34. The van der Waals surface area contributed by atoms with E-state index in [9.17, 15) is 15.2 Å². The van der Waals surface area contributed by atoms with Crippen molar-refractivity contribution >= 4 is 23.5 Å². The maximum absolute atomic E-state index is 11.5. The van der Waals surface area contributed by atoms with Gasteiger partial charge in [-0.25, -0.2) is 9.78 Å². The molecule has 0 saturated carbocycles. The molecule has 2 unspecified atom stereocenters. The fraction of sp³-hybridized carbons (Fsp3) is 0.435. The van der Waals surface area contributed by atoms with Gasteiger partial charge in [0, 0.05) is 50.4 Å². The topological polar surface area (TPSA) is 83.7 Å². The molecule has 0 aliphatic carbocycles. The van der Waals surface area contributed by atoms with E-state index in [1.807, 2.05) is 18.2 Å². The number of aromatic nitrogens is 1. The fourth-order valence-electron chi connectivity index (χ4n) is 5.35. The van der Waals surface area contributed by atoms with Crippen LogP contribution >= 0.6 is 11.6 Å². The number of rotatable bonds is 3. The summed E-state index contributed by atoms with van der Waals surface area (Å²) in [5.74, 6) is 0.857. The van der Waals surface area contributed by atoms with Gasteiger partial charge < -0.3 is 14.9 Å². The number of benzene rings is 1. The Hall–Kier alpha value is -2.82. The van der Waals surface area contributed by atoms with Gasteiger partial charge in [-0.1, -0.05) is 41.9 Å². The number of nitrogens with zero attached hydrogens (tertiary/aromatic N) is 5. The van der Waals surface area contributed by atoms with Gasteiger partial charge in [-0.15, -0.1) is 0 Å². The Labute approximate surface area is 186 Å². The van der Waals surface area contributed by atoms with Crippen LogP contribution in [0, 0.1) is 11.3 Å². The summed E-state index contributed by atoms with van der Waals surface area (Å²) in [6.07, 6.45) is 1.83. The molecule has 1 aromatic carbocycles. The first-order valence-electron chi connectivity index (χ1n) is 10.7. The second kappa shape index (κ2) is 8.03. The first-order valence-corrected chi connectivity index (χ1v) is 11.1. The summed E-state index contributed by atoms with van der Waals surface area (Å²) in [6, 6.07) is 12.8. The Kier molecular flexibility index (Phi) is 5.20. The van der Waals surface area contributed by atoms with Crippen molar-refractivity contribution in [1.82, 2.24) is 14.8 Å². The minimum Gasteiger partial charge on any atom is -0.465 e. The quantitative estimate of drug-likeness (QED) is 0.740.